The monoisotopic (exact) mass is 302 g/mol. The molecule has 22 heavy (non-hydrogen) atoms. The zero-order chi connectivity index (χ0) is 15.8. The number of amides is 1. The first-order valence-electron chi connectivity index (χ1n) is 7.50. The Morgan fingerprint density at radius 1 is 1.36 bits per heavy atom. The minimum Gasteiger partial charge on any atom is -0.391 e. The molecule has 0 saturated heterocycles. The SMILES string of the molecule is CC(NC(=O)CCCn1ccnn1)C(O)Cc1ccccc1. The lowest BCUT2D eigenvalue weighted by atomic mass is 10.0. The Morgan fingerprint density at radius 3 is 2.82 bits per heavy atom. The van der Waals surface area contributed by atoms with Crippen molar-refractivity contribution in [2.75, 3.05) is 0 Å². The van der Waals surface area contributed by atoms with Crippen molar-refractivity contribution in [2.45, 2.75) is 44.9 Å². The molecule has 0 radical (unpaired) electrons. The third-order valence-electron chi connectivity index (χ3n) is 3.52. The first-order chi connectivity index (χ1) is 10.6. The average Bonchev–Trinajstić information content (AvgIpc) is 3.01. The van der Waals surface area contributed by atoms with E-state index in [2.05, 4.69) is 15.6 Å². The van der Waals surface area contributed by atoms with E-state index in [4.69, 9.17) is 0 Å². The van der Waals surface area contributed by atoms with Gasteiger partial charge in [-0.1, -0.05) is 35.5 Å². The lowest BCUT2D eigenvalue weighted by Gasteiger charge is -2.20. The molecule has 1 heterocycles. The first kappa shape index (κ1) is 16.2. The Balaban J connectivity index is 1.68. The smallest absolute Gasteiger partial charge is 0.220 e. The fourth-order valence-corrected chi connectivity index (χ4v) is 2.21. The number of carbonyl (C=O) groups is 1. The van der Waals surface area contributed by atoms with E-state index < -0.39 is 6.10 Å². The van der Waals surface area contributed by atoms with Crippen LogP contribution < -0.4 is 5.32 Å². The van der Waals surface area contributed by atoms with Crippen LogP contribution in [0.4, 0.5) is 0 Å². The molecule has 118 valence electrons. The van der Waals surface area contributed by atoms with Crippen LogP contribution in [0.5, 0.6) is 0 Å². The molecular weight excluding hydrogens is 280 g/mol. The van der Waals surface area contributed by atoms with Crippen molar-refractivity contribution < 1.29 is 9.90 Å². The number of aromatic nitrogens is 3. The summed E-state index contributed by atoms with van der Waals surface area (Å²) in [6.45, 7) is 2.48. The van der Waals surface area contributed by atoms with Crippen molar-refractivity contribution in [3.05, 3.63) is 48.3 Å². The molecule has 1 amide bonds. The largest absolute Gasteiger partial charge is 0.391 e. The molecule has 2 unspecified atom stereocenters. The molecule has 0 bridgehead atoms. The van der Waals surface area contributed by atoms with Gasteiger partial charge in [-0.2, -0.15) is 0 Å². The molecule has 0 aliphatic rings. The quantitative estimate of drug-likeness (QED) is 0.767. The van der Waals surface area contributed by atoms with Crippen LogP contribution in [-0.2, 0) is 17.8 Å². The van der Waals surface area contributed by atoms with Gasteiger partial charge in [0.2, 0.25) is 5.91 Å². The predicted octanol–water partition coefficient (Wildman–Crippen LogP) is 1.17. The van der Waals surface area contributed by atoms with E-state index in [-0.39, 0.29) is 11.9 Å². The van der Waals surface area contributed by atoms with Gasteiger partial charge < -0.3 is 10.4 Å². The Labute approximate surface area is 130 Å². The minimum atomic E-state index is -0.596. The number of benzene rings is 1. The highest BCUT2D eigenvalue weighted by molar-refractivity contribution is 5.76. The van der Waals surface area contributed by atoms with Crippen LogP contribution in [-0.4, -0.2) is 38.2 Å². The number of aliphatic hydroxyl groups is 1. The summed E-state index contributed by atoms with van der Waals surface area (Å²) in [6.07, 6.45) is 4.41. The van der Waals surface area contributed by atoms with E-state index in [0.717, 1.165) is 5.56 Å². The summed E-state index contributed by atoms with van der Waals surface area (Å²) in [5, 5.41) is 20.6. The van der Waals surface area contributed by atoms with Crippen molar-refractivity contribution in [3.8, 4) is 0 Å². The van der Waals surface area contributed by atoms with Crippen LogP contribution in [0.15, 0.2) is 42.7 Å². The molecule has 0 aliphatic heterocycles. The van der Waals surface area contributed by atoms with E-state index in [9.17, 15) is 9.90 Å². The normalized spacial score (nSPS) is 13.5. The standard InChI is InChI=1S/C16H22N4O2/c1-13(15(21)12-14-6-3-2-4-7-14)18-16(22)8-5-10-20-11-9-17-19-20/h2-4,6-7,9,11,13,15,21H,5,8,10,12H2,1H3,(H,18,22). The first-order valence-corrected chi connectivity index (χ1v) is 7.50. The van der Waals surface area contributed by atoms with E-state index in [1.807, 2.05) is 37.3 Å². The van der Waals surface area contributed by atoms with Gasteiger partial charge in [0.15, 0.2) is 0 Å². The summed E-state index contributed by atoms with van der Waals surface area (Å²) in [5.74, 6) is -0.0558. The van der Waals surface area contributed by atoms with E-state index in [0.29, 0.717) is 25.8 Å². The number of hydrogen-bond donors (Lipinski definition) is 2. The lowest BCUT2D eigenvalue weighted by molar-refractivity contribution is -0.122. The fraction of sp³-hybridized carbons (Fsp3) is 0.438. The Kier molecular flexibility index (Phi) is 6.09. The molecular formula is C16H22N4O2. The van der Waals surface area contributed by atoms with Crippen LogP contribution in [0.1, 0.15) is 25.3 Å². The molecule has 6 nitrogen and oxygen atoms in total. The minimum absolute atomic E-state index is 0.0558. The summed E-state index contributed by atoms with van der Waals surface area (Å²) in [5.41, 5.74) is 1.06. The van der Waals surface area contributed by atoms with Gasteiger partial charge in [-0.05, 0) is 18.9 Å². The highest BCUT2D eigenvalue weighted by Gasteiger charge is 2.16. The van der Waals surface area contributed by atoms with Gasteiger partial charge in [0, 0.05) is 25.6 Å². The number of rotatable bonds is 8. The van der Waals surface area contributed by atoms with Gasteiger partial charge in [0.25, 0.3) is 0 Å². The number of carbonyl (C=O) groups excluding carboxylic acids is 1. The highest BCUT2D eigenvalue weighted by atomic mass is 16.3. The second kappa shape index (κ2) is 8.29. The van der Waals surface area contributed by atoms with Crippen LogP contribution in [0.25, 0.3) is 0 Å². The molecule has 0 fully saturated rings. The van der Waals surface area contributed by atoms with Gasteiger partial charge in [-0.3, -0.25) is 9.48 Å². The molecule has 0 saturated carbocycles. The Morgan fingerprint density at radius 2 is 2.14 bits per heavy atom. The van der Waals surface area contributed by atoms with Gasteiger partial charge in [-0.15, -0.1) is 5.10 Å². The van der Waals surface area contributed by atoms with Crippen LogP contribution in [0, 0.1) is 0 Å². The topological polar surface area (TPSA) is 80.0 Å². The van der Waals surface area contributed by atoms with Crippen LogP contribution >= 0.6 is 0 Å². The molecule has 6 heteroatoms. The predicted molar refractivity (Wildman–Crippen MR) is 83.0 cm³/mol. The highest BCUT2D eigenvalue weighted by Crippen LogP contribution is 2.06. The van der Waals surface area contributed by atoms with Crippen molar-refractivity contribution in [3.63, 3.8) is 0 Å². The second-order valence-corrected chi connectivity index (χ2v) is 5.38. The van der Waals surface area contributed by atoms with Gasteiger partial charge in [0.05, 0.1) is 18.3 Å². The fourth-order valence-electron chi connectivity index (χ4n) is 2.21. The molecule has 2 atom stereocenters. The van der Waals surface area contributed by atoms with Gasteiger partial charge >= 0.3 is 0 Å². The Bertz CT molecular complexity index is 557. The molecule has 0 aliphatic carbocycles. The van der Waals surface area contributed by atoms with E-state index >= 15 is 0 Å². The third-order valence-corrected chi connectivity index (χ3v) is 3.52. The van der Waals surface area contributed by atoms with Gasteiger partial charge in [-0.25, -0.2) is 0 Å². The van der Waals surface area contributed by atoms with Crippen LogP contribution in [0.2, 0.25) is 0 Å². The molecule has 0 spiro atoms. The average molecular weight is 302 g/mol. The number of aliphatic hydroxyl groups excluding tert-OH is 1. The van der Waals surface area contributed by atoms with E-state index in [1.54, 1.807) is 17.1 Å². The molecule has 1 aromatic heterocycles. The number of aryl methyl sites for hydroxylation is 1. The van der Waals surface area contributed by atoms with Gasteiger partial charge in [0.1, 0.15) is 0 Å². The van der Waals surface area contributed by atoms with Crippen molar-refractivity contribution >= 4 is 5.91 Å². The maximum absolute atomic E-state index is 11.9. The lowest BCUT2D eigenvalue weighted by Crippen LogP contribution is -2.42. The van der Waals surface area contributed by atoms with E-state index in [1.165, 1.54) is 0 Å². The number of hydrogen-bond acceptors (Lipinski definition) is 4. The Hall–Kier alpha value is -2.21. The summed E-state index contributed by atoms with van der Waals surface area (Å²) in [6, 6.07) is 9.48. The molecule has 1 aromatic carbocycles. The number of nitrogens with zero attached hydrogens (tertiary/aromatic N) is 3. The van der Waals surface area contributed by atoms with Crippen molar-refractivity contribution in [1.82, 2.24) is 20.3 Å². The second-order valence-electron chi connectivity index (χ2n) is 5.38. The number of nitrogens with one attached hydrogen (secondary N) is 1. The van der Waals surface area contributed by atoms with Crippen LogP contribution in [0.3, 0.4) is 0 Å². The zero-order valence-electron chi connectivity index (χ0n) is 12.7. The maximum Gasteiger partial charge on any atom is 0.220 e. The zero-order valence-corrected chi connectivity index (χ0v) is 12.7. The third kappa shape index (κ3) is 5.29. The summed E-state index contributed by atoms with van der Waals surface area (Å²) in [4.78, 5) is 11.9. The molecule has 2 aromatic rings. The summed E-state index contributed by atoms with van der Waals surface area (Å²) < 4.78 is 1.70. The van der Waals surface area contributed by atoms with Crippen molar-refractivity contribution in [2.24, 2.45) is 0 Å². The summed E-state index contributed by atoms with van der Waals surface area (Å²) >= 11 is 0. The van der Waals surface area contributed by atoms with Crippen molar-refractivity contribution in [1.29, 1.82) is 0 Å². The molecule has 2 N–H and O–H groups in total. The summed E-state index contributed by atoms with van der Waals surface area (Å²) in [7, 11) is 0. The maximum atomic E-state index is 11.9. The molecule has 2 rings (SSSR count).